The molecule has 2 rings (SSSR count). The van der Waals surface area contributed by atoms with Crippen LogP contribution in [-0.2, 0) is 11.2 Å². The fourth-order valence-electron chi connectivity index (χ4n) is 2.27. The van der Waals surface area contributed by atoms with Crippen molar-refractivity contribution in [2.75, 3.05) is 18.8 Å². The number of anilines is 1. The lowest BCUT2D eigenvalue weighted by atomic mass is 9.77. The summed E-state index contributed by atoms with van der Waals surface area (Å²) in [5.41, 5.74) is 7.07. The van der Waals surface area contributed by atoms with Crippen molar-refractivity contribution in [2.24, 2.45) is 5.41 Å². The highest BCUT2D eigenvalue weighted by molar-refractivity contribution is 5.87. The van der Waals surface area contributed by atoms with Crippen molar-refractivity contribution < 1.29 is 4.79 Å². The number of aromatic nitrogens is 1. The number of hydrogen-bond acceptors (Lipinski definition) is 4. The Kier molecular flexibility index (Phi) is 3.43. The third-order valence-corrected chi connectivity index (χ3v) is 3.56. The zero-order chi connectivity index (χ0) is 12.3. The molecular weight excluding hydrogens is 214 g/mol. The fourth-order valence-corrected chi connectivity index (χ4v) is 2.27. The normalized spacial score (nSPS) is 24.5. The number of piperidine rings is 1. The largest absolute Gasteiger partial charge is 0.398 e. The molecule has 3 N–H and O–H groups in total. The summed E-state index contributed by atoms with van der Waals surface area (Å²) in [5, 5.41) is 3.29. The summed E-state index contributed by atoms with van der Waals surface area (Å²) >= 11 is 0. The van der Waals surface area contributed by atoms with Crippen LogP contribution in [0, 0.1) is 5.41 Å². The Bertz CT molecular complexity index is 411. The zero-order valence-electron chi connectivity index (χ0n) is 10.2. The molecule has 0 saturated carbocycles. The maximum Gasteiger partial charge on any atom is 0.144 e. The number of nitrogens with two attached hydrogens (primary N) is 1. The van der Waals surface area contributed by atoms with E-state index >= 15 is 0 Å². The van der Waals surface area contributed by atoms with Crippen LogP contribution >= 0.6 is 0 Å². The Morgan fingerprint density at radius 1 is 1.65 bits per heavy atom. The Morgan fingerprint density at radius 2 is 2.47 bits per heavy atom. The summed E-state index contributed by atoms with van der Waals surface area (Å²) in [5.74, 6) is 0.254. The van der Waals surface area contributed by atoms with Crippen molar-refractivity contribution in [3.8, 4) is 0 Å². The smallest absolute Gasteiger partial charge is 0.144 e. The highest BCUT2D eigenvalue weighted by Crippen LogP contribution is 2.28. The molecule has 0 aliphatic carbocycles. The fraction of sp³-hybridized carbons (Fsp3) is 0.538. The summed E-state index contributed by atoms with van der Waals surface area (Å²) in [6.45, 7) is 3.82. The summed E-state index contributed by atoms with van der Waals surface area (Å²) in [6, 6.07) is 1.74. The van der Waals surface area contributed by atoms with Crippen LogP contribution in [0.25, 0.3) is 0 Å². The van der Waals surface area contributed by atoms with E-state index in [1.165, 1.54) is 0 Å². The molecule has 0 bridgehead atoms. The molecule has 17 heavy (non-hydrogen) atoms. The number of pyridine rings is 1. The maximum atomic E-state index is 12.3. The van der Waals surface area contributed by atoms with Gasteiger partial charge in [-0.05, 0) is 25.5 Å². The molecule has 1 aliphatic heterocycles. The number of ketones is 1. The van der Waals surface area contributed by atoms with Gasteiger partial charge in [-0.25, -0.2) is 0 Å². The third kappa shape index (κ3) is 2.64. The van der Waals surface area contributed by atoms with Gasteiger partial charge in [0, 0.05) is 42.0 Å². The molecule has 4 heteroatoms. The molecule has 1 unspecified atom stereocenters. The molecule has 0 spiro atoms. The summed E-state index contributed by atoms with van der Waals surface area (Å²) in [6.07, 6.45) is 5.74. The van der Waals surface area contributed by atoms with Crippen LogP contribution in [0.5, 0.6) is 0 Å². The van der Waals surface area contributed by atoms with Gasteiger partial charge in [-0.15, -0.1) is 0 Å². The standard InChI is InChI=1S/C13H19N3O/c1-13(4-2-5-16-9-13)12(17)7-10-8-15-6-3-11(10)14/h3,6,8,16H,2,4-5,7,9H2,1H3,(H2,14,15). The molecule has 0 aromatic carbocycles. The number of nitrogens with one attached hydrogen (secondary N) is 1. The first-order valence-electron chi connectivity index (χ1n) is 6.04. The Morgan fingerprint density at radius 3 is 3.12 bits per heavy atom. The van der Waals surface area contributed by atoms with Gasteiger partial charge in [0.1, 0.15) is 5.78 Å². The van der Waals surface area contributed by atoms with E-state index in [4.69, 9.17) is 5.73 Å². The minimum Gasteiger partial charge on any atom is -0.398 e. The monoisotopic (exact) mass is 233 g/mol. The lowest BCUT2D eigenvalue weighted by Gasteiger charge is -2.32. The number of hydrogen-bond donors (Lipinski definition) is 2. The Hall–Kier alpha value is -1.42. The van der Waals surface area contributed by atoms with Gasteiger partial charge in [0.2, 0.25) is 0 Å². The first-order chi connectivity index (χ1) is 8.12. The van der Waals surface area contributed by atoms with Gasteiger partial charge >= 0.3 is 0 Å². The van der Waals surface area contributed by atoms with Gasteiger partial charge in [0.15, 0.2) is 0 Å². The number of rotatable bonds is 3. The number of carbonyl (C=O) groups excluding carboxylic acids is 1. The number of Topliss-reactive ketones (excluding diaryl/α,β-unsaturated/α-hetero) is 1. The van der Waals surface area contributed by atoms with Crippen molar-refractivity contribution in [2.45, 2.75) is 26.2 Å². The molecule has 1 saturated heterocycles. The van der Waals surface area contributed by atoms with Crippen molar-refractivity contribution in [3.05, 3.63) is 24.0 Å². The van der Waals surface area contributed by atoms with E-state index in [1.807, 2.05) is 6.92 Å². The first kappa shape index (κ1) is 12.0. The quantitative estimate of drug-likeness (QED) is 0.822. The molecule has 1 aromatic heterocycles. The van der Waals surface area contributed by atoms with Crippen LogP contribution < -0.4 is 11.1 Å². The molecule has 0 radical (unpaired) electrons. The van der Waals surface area contributed by atoms with E-state index in [9.17, 15) is 4.79 Å². The molecule has 1 atom stereocenters. The van der Waals surface area contributed by atoms with Gasteiger partial charge in [0.25, 0.3) is 0 Å². The van der Waals surface area contributed by atoms with Crippen LogP contribution in [-0.4, -0.2) is 23.9 Å². The highest BCUT2D eigenvalue weighted by Gasteiger charge is 2.34. The van der Waals surface area contributed by atoms with E-state index in [1.54, 1.807) is 18.5 Å². The molecule has 2 heterocycles. The number of nitrogens with zero attached hydrogens (tertiary/aromatic N) is 1. The van der Waals surface area contributed by atoms with Crippen LogP contribution in [0.4, 0.5) is 5.69 Å². The second-order valence-electron chi connectivity index (χ2n) is 5.02. The maximum absolute atomic E-state index is 12.3. The molecular formula is C13H19N3O. The Balaban J connectivity index is 2.08. The van der Waals surface area contributed by atoms with Crippen molar-refractivity contribution in [1.29, 1.82) is 0 Å². The molecule has 1 aliphatic rings. The molecule has 1 fully saturated rings. The second-order valence-corrected chi connectivity index (χ2v) is 5.02. The minimum atomic E-state index is -0.249. The number of nitrogen functional groups attached to an aromatic ring is 1. The van der Waals surface area contributed by atoms with Crippen molar-refractivity contribution in [3.63, 3.8) is 0 Å². The van der Waals surface area contributed by atoms with Crippen LogP contribution in [0.1, 0.15) is 25.3 Å². The first-order valence-corrected chi connectivity index (χ1v) is 6.04. The Labute approximate surface area is 102 Å². The second kappa shape index (κ2) is 4.84. The predicted molar refractivity (Wildman–Crippen MR) is 67.6 cm³/mol. The molecule has 4 nitrogen and oxygen atoms in total. The van der Waals surface area contributed by atoms with E-state index in [0.717, 1.165) is 31.5 Å². The third-order valence-electron chi connectivity index (χ3n) is 3.56. The molecule has 92 valence electrons. The average molecular weight is 233 g/mol. The van der Waals surface area contributed by atoms with Gasteiger partial charge in [-0.3, -0.25) is 9.78 Å². The van der Waals surface area contributed by atoms with Gasteiger partial charge < -0.3 is 11.1 Å². The predicted octanol–water partition coefficient (Wildman–Crippen LogP) is 1.17. The van der Waals surface area contributed by atoms with E-state index in [0.29, 0.717) is 12.1 Å². The van der Waals surface area contributed by atoms with Crippen LogP contribution in [0.15, 0.2) is 18.5 Å². The highest BCUT2D eigenvalue weighted by atomic mass is 16.1. The van der Waals surface area contributed by atoms with E-state index in [-0.39, 0.29) is 11.2 Å². The van der Waals surface area contributed by atoms with E-state index < -0.39 is 0 Å². The average Bonchev–Trinajstić information content (AvgIpc) is 2.33. The van der Waals surface area contributed by atoms with Crippen molar-refractivity contribution in [1.82, 2.24) is 10.3 Å². The summed E-state index contributed by atoms with van der Waals surface area (Å²) in [7, 11) is 0. The van der Waals surface area contributed by atoms with Gasteiger partial charge in [0.05, 0.1) is 0 Å². The van der Waals surface area contributed by atoms with Crippen LogP contribution in [0.3, 0.4) is 0 Å². The minimum absolute atomic E-state index is 0.249. The zero-order valence-corrected chi connectivity index (χ0v) is 10.2. The lowest BCUT2D eigenvalue weighted by Crippen LogP contribution is -2.44. The topological polar surface area (TPSA) is 68.0 Å². The molecule has 0 amide bonds. The van der Waals surface area contributed by atoms with Gasteiger partial charge in [-0.2, -0.15) is 0 Å². The van der Waals surface area contributed by atoms with Crippen molar-refractivity contribution >= 4 is 11.5 Å². The molecule has 1 aromatic rings. The SMILES string of the molecule is CC1(C(=O)Cc2cnccc2N)CCCNC1. The summed E-state index contributed by atoms with van der Waals surface area (Å²) in [4.78, 5) is 16.3. The van der Waals surface area contributed by atoms with E-state index in [2.05, 4.69) is 10.3 Å². The van der Waals surface area contributed by atoms with Gasteiger partial charge in [-0.1, -0.05) is 6.92 Å². The number of carbonyl (C=O) groups is 1. The lowest BCUT2D eigenvalue weighted by molar-refractivity contribution is -0.128. The van der Waals surface area contributed by atoms with Crippen LogP contribution in [0.2, 0.25) is 0 Å². The summed E-state index contributed by atoms with van der Waals surface area (Å²) < 4.78 is 0.